The minimum Gasteiger partial charge on any atom is -0.493 e. The molecular formula is C18H25N3O8. The molecule has 0 unspecified atom stereocenters. The summed E-state index contributed by atoms with van der Waals surface area (Å²) < 4.78 is 25.8. The molecule has 1 heterocycles. The molecule has 11 nitrogen and oxygen atoms in total. The molecule has 0 aromatic heterocycles. The number of hydrogen-bond acceptors (Lipinski definition) is 8. The number of rotatable bonds is 8. The van der Waals surface area contributed by atoms with Crippen molar-refractivity contribution in [3.8, 4) is 17.2 Å². The van der Waals surface area contributed by atoms with Crippen LogP contribution in [-0.2, 0) is 19.1 Å². The largest absolute Gasteiger partial charge is 0.493 e. The Labute approximate surface area is 168 Å². The third kappa shape index (κ3) is 6.22. The minimum atomic E-state index is -0.611. The predicted octanol–water partition coefficient (Wildman–Crippen LogP) is -0.651. The first kappa shape index (κ1) is 22.2. The first-order valence-electron chi connectivity index (χ1n) is 8.82. The van der Waals surface area contributed by atoms with Crippen molar-refractivity contribution < 1.29 is 38.1 Å². The van der Waals surface area contributed by atoms with E-state index in [0.29, 0.717) is 43.6 Å². The number of morpholine rings is 1. The van der Waals surface area contributed by atoms with Crippen molar-refractivity contribution in [1.82, 2.24) is 15.8 Å². The molecule has 29 heavy (non-hydrogen) atoms. The maximum absolute atomic E-state index is 12.3. The molecule has 0 saturated carbocycles. The van der Waals surface area contributed by atoms with Crippen LogP contribution in [0.15, 0.2) is 12.1 Å². The Kier molecular flexibility index (Phi) is 8.49. The average molecular weight is 411 g/mol. The standard InChI is InChI=1S/C18H25N3O8/c1-25-13-8-12(9-14(26-2)17(13)27-3)18(24)20-19-15(22)10-29-11-16(23)21-4-6-28-7-5-21/h8-9H,4-7,10-11H2,1-3H3,(H,19,22)(H,20,24). The smallest absolute Gasteiger partial charge is 0.269 e. The molecule has 2 rings (SSSR count). The first-order valence-corrected chi connectivity index (χ1v) is 8.82. The van der Waals surface area contributed by atoms with Gasteiger partial charge in [-0.2, -0.15) is 0 Å². The Morgan fingerprint density at radius 3 is 2.14 bits per heavy atom. The number of ether oxygens (including phenoxy) is 5. The molecule has 3 amide bonds. The molecule has 0 spiro atoms. The van der Waals surface area contributed by atoms with Crippen molar-refractivity contribution in [2.75, 3.05) is 60.8 Å². The van der Waals surface area contributed by atoms with Crippen LogP contribution in [0.5, 0.6) is 17.2 Å². The molecule has 0 atom stereocenters. The Hall–Kier alpha value is -3.05. The van der Waals surface area contributed by atoms with Gasteiger partial charge in [-0.15, -0.1) is 0 Å². The number of hydrazine groups is 1. The molecule has 1 aliphatic heterocycles. The number of methoxy groups -OCH3 is 3. The van der Waals surface area contributed by atoms with Crippen LogP contribution in [0.2, 0.25) is 0 Å². The number of nitrogens with one attached hydrogen (secondary N) is 2. The maximum atomic E-state index is 12.3. The molecule has 11 heteroatoms. The third-order valence-electron chi connectivity index (χ3n) is 4.06. The van der Waals surface area contributed by atoms with Gasteiger partial charge in [-0.25, -0.2) is 0 Å². The van der Waals surface area contributed by atoms with E-state index in [9.17, 15) is 14.4 Å². The molecule has 1 saturated heterocycles. The zero-order chi connectivity index (χ0) is 21.2. The van der Waals surface area contributed by atoms with E-state index in [0.717, 1.165) is 0 Å². The van der Waals surface area contributed by atoms with Crippen LogP contribution < -0.4 is 25.1 Å². The third-order valence-corrected chi connectivity index (χ3v) is 4.06. The lowest BCUT2D eigenvalue weighted by atomic mass is 10.1. The van der Waals surface area contributed by atoms with E-state index in [4.69, 9.17) is 23.7 Å². The molecule has 1 aromatic carbocycles. The van der Waals surface area contributed by atoms with Gasteiger partial charge in [0.15, 0.2) is 11.5 Å². The molecule has 1 aliphatic rings. The number of hydrogen-bond donors (Lipinski definition) is 2. The molecule has 0 aliphatic carbocycles. The summed E-state index contributed by atoms with van der Waals surface area (Å²) in [5.41, 5.74) is 4.66. The Balaban J connectivity index is 1.80. The molecule has 160 valence electrons. The van der Waals surface area contributed by atoms with Gasteiger partial charge in [0.2, 0.25) is 11.7 Å². The van der Waals surface area contributed by atoms with Crippen LogP contribution in [0.3, 0.4) is 0 Å². The van der Waals surface area contributed by atoms with Crippen LogP contribution in [-0.4, -0.2) is 83.5 Å². The van der Waals surface area contributed by atoms with E-state index < -0.39 is 11.8 Å². The van der Waals surface area contributed by atoms with Crippen LogP contribution in [0.4, 0.5) is 0 Å². The Morgan fingerprint density at radius 1 is 0.966 bits per heavy atom. The number of amides is 3. The van der Waals surface area contributed by atoms with E-state index >= 15 is 0 Å². The van der Waals surface area contributed by atoms with Gasteiger partial charge in [0.1, 0.15) is 13.2 Å². The quantitative estimate of drug-likeness (QED) is 0.541. The van der Waals surface area contributed by atoms with Gasteiger partial charge in [0.25, 0.3) is 11.8 Å². The average Bonchev–Trinajstić information content (AvgIpc) is 2.76. The zero-order valence-corrected chi connectivity index (χ0v) is 16.6. The van der Waals surface area contributed by atoms with Crippen molar-refractivity contribution in [2.24, 2.45) is 0 Å². The highest BCUT2D eigenvalue weighted by molar-refractivity contribution is 5.96. The summed E-state index contributed by atoms with van der Waals surface area (Å²) in [5.74, 6) is -0.486. The fraction of sp³-hybridized carbons (Fsp3) is 0.500. The highest BCUT2D eigenvalue weighted by Crippen LogP contribution is 2.38. The van der Waals surface area contributed by atoms with Gasteiger partial charge in [-0.05, 0) is 12.1 Å². The Bertz CT molecular complexity index is 709. The molecule has 0 radical (unpaired) electrons. The second-order valence-electron chi connectivity index (χ2n) is 5.90. The summed E-state index contributed by atoms with van der Waals surface area (Å²) in [6.07, 6.45) is 0. The number of carbonyl (C=O) groups is 3. The van der Waals surface area contributed by atoms with Gasteiger partial charge >= 0.3 is 0 Å². The van der Waals surface area contributed by atoms with Gasteiger partial charge in [0.05, 0.1) is 34.5 Å². The van der Waals surface area contributed by atoms with E-state index in [-0.39, 0.29) is 24.7 Å². The molecule has 1 aromatic rings. The van der Waals surface area contributed by atoms with Crippen LogP contribution in [0.25, 0.3) is 0 Å². The lowest BCUT2D eigenvalue weighted by Crippen LogP contribution is -2.45. The lowest BCUT2D eigenvalue weighted by molar-refractivity contribution is -0.142. The lowest BCUT2D eigenvalue weighted by Gasteiger charge is -2.26. The fourth-order valence-corrected chi connectivity index (χ4v) is 2.58. The molecule has 0 bridgehead atoms. The van der Waals surface area contributed by atoms with Gasteiger partial charge in [-0.1, -0.05) is 0 Å². The normalized spacial score (nSPS) is 13.4. The van der Waals surface area contributed by atoms with Crippen LogP contribution >= 0.6 is 0 Å². The summed E-state index contributed by atoms with van der Waals surface area (Å²) in [6, 6.07) is 2.89. The van der Waals surface area contributed by atoms with E-state index in [2.05, 4.69) is 10.9 Å². The minimum absolute atomic E-state index is 0.184. The monoisotopic (exact) mass is 411 g/mol. The maximum Gasteiger partial charge on any atom is 0.269 e. The number of benzene rings is 1. The summed E-state index contributed by atoms with van der Waals surface area (Å²) in [7, 11) is 4.30. The zero-order valence-electron chi connectivity index (χ0n) is 16.6. The second kappa shape index (κ2) is 11.1. The van der Waals surface area contributed by atoms with Gasteiger partial charge in [-0.3, -0.25) is 25.2 Å². The van der Waals surface area contributed by atoms with Crippen molar-refractivity contribution >= 4 is 17.7 Å². The van der Waals surface area contributed by atoms with Gasteiger partial charge in [0, 0.05) is 18.7 Å². The van der Waals surface area contributed by atoms with E-state index in [1.54, 1.807) is 4.90 Å². The highest BCUT2D eigenvalue weighted by Gasteiger charge is 2.19. The van der Waals surface area contributed by atoms with Crippen molar-refractivity contribution in [3.05, 3.63) is 17.7 Å². The van der Waals surface area contributed by atoms with Crippen LogP contribution in [0, 0.1) is 0 Å². The van der Waals surface area contributed by atoms with Gasteiger partial charge < -0.3 is 28.6 Å². The summed E-state index contributed by atoms with van der Waals surface area (Å²) in [4.78, 5) is 37.6. The summed E-state index contributed by atoms with van der Waals surface area (Å²) >= 11 is 0. The number of nitrogens with zero attached hydrogens (tertiary/aromatic N) is 1. The Morgan fingerprint density at radius 2 is 1.59 bits per heavy atom. The molecular weight excluding hydrogens is 386 g/mol. The second-order valence-corrected chi connectivity index (χ2v) is 5.90. The SMILES string of the molecule is COc1cc(C(=O)NNC(=O)COCC(=O)N2CCOCC2)cc(OC)c1OC. The molecule has 1 fully saturated rings. The summed E-state index contributed by atoms with van der Waals surface area (Å²) in [5, 5.41) is 0. The van der Waals surface area contributed by atoms with Crippen molar-refractivity contribution in [3.63, 3.8) is 0 Å². The van der Waals surface area contributed by atoms with E-state index in [1.807, 2.05) is 0 Å². The van der Waals surface area contributed by atoms with E-state index in [1.165, 1.54) is 33.5 Å². The number of carbonyl (C=O) groups excluding carboxylic acids is 3. The topological polar surface area (TPSA) is 125 Å². The molecule has 2 N–H and O–H groups in total. The van der Waals surface area contributed by atoms with Crippen molar-refractivity contribution in [1.29, 1.82) is 0 Å². The fourth-order valence-electron chi connectivity index (χ4n) is 2.58. The van der Waals surface area contributed by atoms with Crippen LogP contribution in [0.1, 0.15) is 10.4 Å². The summed E-state index contributed by atoms with van der Waals surface area (Å²) in [6.45, 7) is 1.36. The highest BCUT2D eigenvalue weighted by atomic mass is 16.5. The van der Waals surface area contributed by atoms with Crippen molar-refractivity contribution in [2.45, 2.75) is 0 Å². The first-order chi connectivity index (χ1) is 14.0. The predicted molar refractivity (Wildman–Crippen MR) is 99.9 cm³/mol.